The Bertz CT molecular complexity index is 410. The van der Waals surface area contributed by atoms with Gasteiger partial charge in [-0.2, -0.15) is 0 Å². The third-order valence-corrected chi connectivity index (χ3v) is 2.25. The van der Waals surface area contributed by atoms with Crippen LogP contribution in [0.15, 0.2) is 17.1 Å². The molecule has 1 aliphatic carbocycles. The van der Waals surface area contributed by atoms with Crippen molar-refractivity contribution in [3.8, 4) is 5.75 Å². The van der Waals surface area contributed by atoms with Gasteiger partial charge >= 0.3 is 0 Å². The van der Waals surface area contributed by atoms with Crippen molar-refractivity contribution in [3.05, 3.63) is 28.2 Å². The van der Waals surface area contributed by atoms with Crippen molar-refractivity contribution < 1.29 is 13.9 Å². The third-order valence-electron chi connectivity index (χ3n) is 2.25. The minimum Gasteiger partial charge on any atom is -0.503 e. The number of halogens is 2. The molecule has 1 N–H and O–H groups in total. The Morgan fingerprint density at radius 3 is 2.64 bits per heavy atom. The van der Waals surface area contributed by atoms with E-state index in [1.165, 1.54) is 4.57 Å². The molecule has 0 bridgehead atoms. The minimum atomic E-state index is -2.68. The molecular weight excluding hydrogens is 192 g/mol. The fourth-order valence-electron chi connectivity index (χ4n) is 1.40. The summed E-state index contributed by atoms with van der Waals surface area (Å²) < 4.78 is 26.3. The molecule has 0 amide bonds. The highest BCUT2D eigenvalue weighted by atomic mass is 19.3. The van der Waals surface area contributed by atoms with Gasteiger partial charge in [0.1, 0.15) is 0 Å². The molecule has 1 heterocycles. The van der Waals surface area contributed by atoms with Crippen LogP contribution in [0.4, 0.5) is 8.78 Å². The summed E-state index contributed by atoms with van der Waals surface area (Å²) in [7, 11) is 0. The maximum Gasteiger partial charge on any atom is 0.278 e. The smallest absolute Gasteiger partial charge is 0.278 e. The van der Waals surface area contributed by atoms with Crippen LogP contribution in [0, 0.1) is 0 Å². The fourth-order valence-corrected chi connectivity index (χ4v) is 1.40. The first-order valence-corrected chi connectivity index (χ1v) is 4.33. The van der Waals surface area contributed by atoms with E-state index in [2.05, 4.69) is 0 Å². The second-order valence-electron chi connectivity index (χ2n) is 3.39. The molecule has 1 aromatic rings. The molecule has 1 saturated carbocycles. The van der Waals surface area contributed by atoms with Crippen LogP contribution in [0.25, 0.3) is 0 Å². The van der Waals surface area contributed by atoms with Crippen LogP contribution in [0.2, 0.25) is 0 Å². The van der Waals surface area contributed by atoms with Crippen LogP contribution in [0.5, 0.6) is 5.75 Å². The predicted molar refractivity (Wildman–Crippen MR) is 45.6 cm³/mol. The number of hydrogen-bond acceptors (Lipinski definition) is 2. The van der Waals surface area contributed by atoms with Crippen LogP contribution in [0.3, 0.4) is 0 Å². The van der Waals surface area contributed by atoms with E-state index in [9.17, 15) is 13.6 Å². The Balaban J connectivity index is 2.54. The standard InChI is InChI=1S/C9H9F2NO2/c10-9(11)6-3-7(13)8(14)4-12(6)5-1-2-5/h3-5,9,14H,1-2H2. The lowest BCUT2D eigenvalue weighted by Gasteiger charge is -2.11. The number of rotatable bonds is 2. The lowest BCUT2D eigenvalue weighted by atomic mass is 10.3. The average Bonchev–Trinajstić information content (AvgIpc) is 2.91. The van der Waals surface area contributed by atoms with Gasteiger partial charge in [0.25, 0.3) is 6.43 Å². The van der Waals surface area contributed by atoms with E-state index in [0.29, 0.717) is 0 Å². The lowest BCUT2D eigenvalue weighted by molar-refractivity contribution is 0.139. The van der Waals surface area contributed by atoms with Crippen LogP contribution in [-0.2, 0) is 0 Å². The van der Waals surface area contributed by atoms with Gasteiger partial charge in [-0.15, -0.1) is 0 Å². The maximum atomic E-state index is 12.5. The van der Waals surface area contributed by atoms with E-state index in [0.717, 1.165) is 25.1 Å². The molecule has 2 rings (SSSR count). The zero-order valence-corrected chi connectivity index (χ0v) is 7.28. The molecular formula is C9H9F2NO2. The Morgan fingerprint density at radius 1 is 1.50 bits per heavy atom. The molecule has 14 heavy (non-hydrogen) atoms. The summed E-state index contributed by atoms with van der Waals surface area (Å²) in [5, 5.41) is 9.10. The number of pyridine rings is 1. The van der Waals surface area contributed by atoms with Crippen molar-refractivity contribution in [1.82, 2.24) is 4.57 Å². The number of aromatic nitrogens is 1. The van der Waals surface area contributed by atoms with Crippen molar-refractivity contribution in [2.24, 2.45) is 0 Å². The fraction of sp³-hybridized carbons (Fsp3) is 0.444. The highest BCUT2D eigenvalue weighted by molar-refractivity contribution is 5.22. The van der Waals surface area contributed by atoms with Crippen LogP contribution < -0.4 is 5.43 Å². The zero-order valence-electron chi connectivity index (χ0n) is 7.28. The Morgan fingerprint density at radius 2 is 2.14 bits per heavy atom. The highest BCUT2D eigenvalue weighted by Gasteiger charge is 2.28. The second-order valence-corrected chi connectivity index (χ2v) is 3.39. The first-order valence-electron chi connectivity index (χ1n) is 4.33. The van der Waals surface area contributed by atoms with Crippen molar-refractivity contribution in [2.45, 2.75) is 25.3 Å². The monoisotopic (exact) mass is 201 g/mol. The molecule has 0 spiro atoms. The first-order chi connectivity index (χ1) is 6.59. The molecule has 3 nitrogen and oxygen atoms in total. The van der Waals surface area contributed by atoms with E-state index < -0.39 is 17.6 Å². The van der Waals surface area contributed by atoms with Gasteiger partial charge in [-0.25, -0.2) is 8.78 Å². The zero-order chi connectivity index (χ0) is 10.3. The van der Waals surface area contributed by atoms with Crippen molar-refractivity contribution >= 4 is 0 Å². The molecule has 1 aliphatic rings. The van der Waals surface area contributed by atoms with Gasteiger partial charge in [-0.3, -0.25) is 4.79 Å². The molecule has 0 aliphatic heterocycles. The molecule has 1 aromatic heterocycles. The van der Waals surface area contributed by atoms with E-state index in [1.807, 2.05) is 0 Å². The van der Waals surface area contributed by atoms with Gasteiger partial charge in [-0.05, 0) is 12.8 Å². The Labute approximate surface area is 78.6 Å². The molecule has 76 valence electrons. The summed E-state index contributed by atoms with van der Waals surface area (Å²) in [6.45, 7) is 0. The van der Waals surface area contributed by atoms with Crippen LogP contribution >= 0.6 is 0 Å². The van der Waals surface area contributed by atoms with E-state index in [4.69, 9.17) is 5.11 Å². The van der Waals surface area contributed by atoms with Gasteiger partial charge in [0, 0.05) is 12.1 Å². The highest BCUT2D eigenvalue weighted by Crippen LogP contribution is 2.38. The number of aromatic hydroxyl groups is 1. The SMILES string of the molecule is O=c1cc(C(F)F)n(C2CC2)cc1O. The Kier molecular flexibility index (Phi) is 2.02. The van der Waals surface area contributed by atoms with E-state index in [-0.39, 0.29) is 11.7 Å². The van der Waals surface area contributed by atoms with Crippen LogP contribution in [0.1, 0.15) is 31.0 Å². The molecule has 0 atom stereocenters. The number of alkyl halides is 2. The minimum absolute atomic E-state index is 0.0190. The van der Waals surface area contributed by atoms with Crippen molar-refractivity contribution in [3.63, 3.8) is 0 Å². The van der Waals surface area contributed by atoms with Gasteiger partial charge in [0.05, 0.1) is 11.9 Å². The summed E-state index contributed by atoms with van der Waals surface area (Å²) in [5.74, 6) is -0.471. The summed E-state index contributed by atoms with van der Waals surface area (Å²) in [6.07, 6.45) is 0.0647. The second kappa shape index (κ2) is 3.08. The first kappa shape index (κ1) is 9.18. The normalized spacial score (nSPS) is 16.2. The molecule has 5 heteroatoms. The molecule has 0 unspecified atom stereocenters. The van der Waals surface area contributed by atoms with Crippen molar-refractivity contribution in [2.75, 3.05) is 0 Å². The lowest BCUT2D eigenvalue weighted by Crippen LogP contribution is -2.11. The topological polar surface area (TPSA) is 42.2 Å². The Hall–Kier alpha value is -1.39. The summed E-state index contributed by atoms with van der Waals surface area (Å²) >= 11 is 0. The molecule has 0 radical (unpaired) electrons. The molecule has 1 fully saturated rings. The summed E-state index contributed by atoms with van der Waals surface area (Å²) in [4.78, 5) is 10.9. The predicted octanol–water partition coefficient (Wildman–Crippen LogP) is 1.83. The van der Waals surface area contributed by atoms with Crippen LogP contribution in [-0.4, -0.2) is 9.67 Å². The summed E-state index contributed by atoms with van der Waals surface area (Å²) in [6, 6.07) is 0.823. The average molecular weight is 201 g/mol. The van der Waals surface area contributed by atoms with Gasteiger partial charge in [0.15, 0.2) is 5.75 Å². The number of nitrogens with zero attached hydrogens (tertiary/aromatic N) is 1. The van der Waals surface area contributed by atoms with Gasteiger partial charge in [0.2, 0.25) is 5.43 Å². The number of hydrogen-bond donors (Lipinski definition) is 1. The summed E-state index contributed by atoms with van der Waals surface area (Å²) in [5.41, 5.74) is -1.06. The van der Waals surface area contributed by atoms with E-state index >= 15 is 0 Å². The quantitative estimate of drug-likeness (QED) is 0.793. The van der Waals surface area contributed by atoms with Crippen molar-refractivity contribution in [1.29, 1.82) is 0 Å². The largest absolute Gasteiger partial charge is 0.503 e. The van der Waals surface area contributed by atoms with Gasteiger partial charge in [-0.1, -0.05) is 0 Å². The van der Waals surface area contributed by atoms with E-state index in [1.54, 1.807) is 0 Å². The molecule has 0 saturated heterocycles. The molecule has 0 aromatic carbocycles. The maximum absolute atomic E-state index is 12.5. The van der Waals surface area contributed by atoms with Gasteiger partial charge < -0.3 is 9.67 Å². The third kappa shape index (κ3) is 1.49.